The third kappa shape index (κ3) is 5.80. The van der Waals surface area contributed by atoms with E-state index in [2.05, 4.69) is 20.2 Å². The summed E-state index contributed by atoms with van der Waals surface area (Å²) >= 11 is 0. The molecule has 0 bridgehead atoms. The number of anilines is 2. The van der Waals surface area contributed by atoms with E-state index in [1.807, 2.05) is 0 Å². The number of sulfonamides is 1. The molecule has 0 aliphatic heterocycles. The second-order valence-corrected chi connectivity index (χ2v) is 7.84. The molecule has 160 valence electrons. The normalized spacial score (nSPS) is 11.2. The molecule has 31 heavy (non-hydrogen) atoms. The summed E-state index contributed by atoms with van der Waals surface area (Å²) in [6.45, 7) is 0. The van der Waals surface area contributed by atoms with E-state index >= 15 is 0 Å². The van der Waals surface area contributed by atoms with E-state index in [0.717, 1.165) is 0 Å². The van der Waals surface area contributed by atoms with Crippen LogP contribution in [0.4, 0.5) is 11.5 Å². The number of allylic oxidation sites excluding steroid dienone is 1. The third-order valence-electron chi connectivity index (χ3n) is 4.11. The van der Waals surface area contributed by atoms with Crippen molar-refractivity contribution in [3.8, 4) is 11.6 Å². The quantitative estimate of drug-likeness (QED) is 0.385. The van der Waals surface area contributed by atoms with Crippen LogP contribution in [0, 0.1) is 0 Å². The molecule has 10 heteroatoms. The van der Waals surface area contributed by atoms with Crippen molar-refractivity contribution in [3.63, 3.8) is 0 Å². The molecule has 0 fully saturated rings. The van der Waals surface area contributed by atoms with Crippen molar-refractivity contribution < 1.29 is 22.7 Å². The third-order valence-corrected chi connectivity index (χ3v) is 5.48. The highest BCUT2D eigenvalue weighted by molar-refractivity contribution is 7.92. The Morgan fingerprint density at radius 2 is 1.61 bits per heavy atom. The van der Waals surface area contributed by atoms with Gasteiger partial charge in [0.2, 0.25) is 5.88 Å². The van der Waals surface area contributed by atoms with E-state index in [9.17, 15) is 13.2 Å². The Balaban J connectivity index is 1.60. The molecule has 3 aromatic rings. The van der Waals surface area contributed by atoms with Gasteiger partial charge in [0, 0.05) is 29.6 Å². The summed E-state index contributed by atoms with van der Waals surface area (Å²) in [7, 11) is -0.835. The minimum absolute atomic E-state index is 0.0500. The summed E-state index contributed by atoms with van der Waals surface area (Å²) in [5.74, 6) is 0.834. The van der Waals surface area contributed by atoms with E-state index in [4.69, 9.17) is 9.47 Å². The van der Waals surface area contributed by atoms with E-state index in [0.29, 0.717) is 17.0 Å². The monoisotopic (exact) mass is 440 g/mol. The van der Waals surface area contributed by atoms with Gasteiger partial charge in [0.05, 0.1) is 19.1 Å². The SMILES string of the molecule is COc1ccc(C(=O)/C=C/Nc2ccc(S(=O)(=O)Nc3ccc(OC)nn3)cc2)cc1. The first-order chi connectivity index (χ1) is 14.9. The van der Waals surface area contributed by atoms with Crippen molar-refractivity contribution in [1.29, 1.82) is 0 Å². The number of hydrogen-bond acceptors (Lipinski definition) is 8. The van der Waals surface area contributed by atoms with Gasteiger partial charge in [0.15, 0.2) is 11.6 Å². The number of hydrogen-bond donors (Lipinski definition) is 2. The lowest BCUT2D eigenvalue weighted by Gasteiger charge is -2.08. The summed E-state index contributed by atoms with van der Waals surface area (Å²) < 4.78 is 37.2. The molecule has 0 aliphatic rings. The molecule has 2 N–H and O–H groups in total. The Hall–Kier alpha value is -3.92. The van der Waals surface area contributed by atoms with Gasteiger partial charge in [-0.3, -0.25) is 9.52 Å². The average molecular weight is 440 g/mol. The maximum atomic E-state index is 12.5. The minimum Gasteiger partial charge on any atom is -0.497 e. The Kier molecular flexibility index (Phi) is 6.83. The van der Waals surface area contributed by atoms with Gasteiger partial charge >= 0.3 is 0 Å². The van der Waals surface area contributed by atoms with E-state index in [1.54, 1.807) is 43.5 Å². The summed E-state index contributed by atoms with van der Waals surface area (Å²) in [5.41, 5.74) is 1.13. The number of ketones is 1. The molecule has 0 radical (unpaired) electrons. The van der Waals surface area contributed by atoms with Crippen LogP contribution in [0.3, 0.4) is 0 Å². The number of carbonyl (C=O) groups is 1. The molecule has 0 saturated carbocycles. The molecule has 1 aromatic heterocycles. The summed E-state index contributed by atoms with van der Waals surface area (Å²) in [6.07, 6.45) is 2.87. The highest BCUT2D eigenvalue weighted by Gasteiger charge is 2.15. The number of nitrogens with one attached hydrogen (secondary N) is 2. The van der Waals surface area contributed by atoms with Crippen LogP contribution < -0.4 is 19.5 Å². The maximum Gasteiger partial charge on any atom is 0.263 e. The van der Waals surface area contributed by atoms with Crippen LogP contribution in [0.1, 0.15) is 10.4 Å². The van der Waals surface area contributed by atoms with Gasteiger partial charge < -0.3 is 14.8 Å². The zero-order valence-electron chi connectivity index (χ0n) is 16.8. The first kappa shape index (κ1) is 21.8. The van der Waals surface area contributed by atoms with Gasteiger partial charge in [0.1, 0.15) is 5.75 Å². The van der Waals surface area contributed by atoms with Gasteiger partial charge in [-0.2, -0.15) is 0 Å². The fraction of sp³-hybridized carbons (Fsp3) is 0.0952. The van der Waals surface area contributed by atoms with Crippen LogP contribution in [0.25, 0.3) is 0 Å². The molecule has 0 atom stereocenters. The first-order valence-corrected chi connectivity index (χ1v) is 10.5. The van der Waals surface area contributed by atoms with Crippen molar-refractivity contribution >= 4 is 27.3 Å². The minimum atomic E-state index is -3.83. The molecule has 0 saturated heterocycles. The van der Waals surface area contributed by atoms with Crippen LogP contribution in [-0.2, 0) is 10.0 Å². The summed E-state index contributed by atoms with van der Waals surface area (Å²) in [4.78, 5) is 12.2. The molecule has 0 amide bonds. The first-order valence-electron chi connectivity index (χ1n) is 9.03. The summed E-state index contributed by atoms with van der Waals surface area (Å²) in [6, 6.07) is 15.7. The van der Waals surface area contributed by atoms with Crippen LogP contribution in [0.2, 0.25) is 0 Å². The number of ether oxygens (including phenoxy) is 2. The van der Waals surface area contributed by atoms with Crippen LogP contribution in [0.15, 0.2) is 77.8 Å². The Bertz CT molecular complexity index is 1160. The standard InChI is InChI=1S/C21H20N4O5S/c1-29-17-7-3-15(4-8-17)19(26)13-14-22-16-5-9-18(10-6-16)31(27,28)25-20-11-12-21(30-2)24-23-20/h3-14,22H,1-2H3,(H,23,25)/b14-13+. The Morgan fingerprint density at radius 1 is 0.903 bits per heavy atom. The molecular weight excluding hydrogens is 420 g/mol. The van der Waals surface area contributed by atoms with Gasteiger partial charge in [-0.25, -0.2) is 8.42 Å². The fourth-order valence-electron chi connectivity index (χ4n) is 2.48. The van der Waals surface area contributed by atoms with E-state index in [1.165, 1.54) is 43.7 Å². The molecule has 9 nitrogen and oxygen atoms in total. The van der Waals surface area contributed by atoms with Gasteiger partial charge in [-0.1, -0.05) is 0 Å². The average Bonchev–Trinajstić information content (AvgIpc) is 2.79. The zero-order chi connectivity index (χ0) is 22.3. The number of carbonyl (C=O) groups excluding carboxylic acids is 1. The number of nitrogens with zero attached hydrogens (tertiary/aromatic N) is 2. The molecule has 1 heterocycles. The van der Waals surface area contributed by atoms with Crippen LogP contribution in [-0.4, -0.2) is 38.6 Å². The van der Waals surface area contributed by atoms with Gasteiger partial charge in [-0.05, 0) is 54.6 Å². The van der Waals surface area contributed by atoms with Gasteiger partial charge in [0.25, 0.3) is 10.0 Å². The molecule has 3 rings (SSSR count). The topological polar surface area (TPSA) is 120 Å². The van der Waals surface area contributed by atoms with Crippen molar-refractivity contribution in [2.45, 2.75) is 4.90 Å². The Labute approximate surface area is 179 Å². The van der Waals surface area contributed by atoms with Crippen molar-refractivity contribution in [2.75, 3.05) is 24.3 Å². The summed E-state index contributed by atoms with van der Waals surface area (Å²) in [5, 5.41) is 10.4. The fourth-order valence-corrected chi connectivity index (χ4v) is 3.47. The lowest BCUT2D eigenvalue weighted by atomic mass is 10.1. The molecular formula is C21H20N4O5S. The lowest BCUT2D eigenvalue weighted by Crippen LogP contribution is -2.14. The highest BCUT2D eigenvalue weighted by atomic mass is 32.2. The molecule has 0 unspecified atom stereocenters. The van der Waals surface area contributed by atoms with Crippen LogP contribution in [0.5, 0.6) is 11.6 Å². The molecule has 0 aliphatic carbocycles. The van der Waals surface area contributed by atoms with Gasteiger partial charge in [-0.15, -0.1) is 10.2 Å². The number of rotatable bonds is 9. The predicted molar refractivity (Wildman–Crippen MR) is 116 cm³/mol. The maximum absolute atomic E-state index is 12.5. The van der Waals surface area contributed by atoms with Crippen LogP contribution >= 0.6 is 0 Å². The molecule has 2 aromatic carbocycles. The zero-order valence-corrected chi connectivity index (χ0v) is 17.6. The van der Waals surface area contributed by atoms with E-state index in [-0.39, 0.29) is 22.4 Å². The second-order valence-electron chi connectivity index (χ2n) is 6.16. The highest BCUT2D eigenvalue weighted by Crippen LogP contribution is 2.18. The van der Waals surface area contributed by atoms with Crippen molar-refractivity contribution in [1.82, 2.24) is 10.2 Å². The number of aromatic nitrogens is 2. The largest absolute Gasteiger partial charge is 0.497 e. The number of benzene rings is 2. The van der Waals surface area contributed by atoms with Crippen molar-refractivity contribution in [3.05, 3.63) is 78.5 Å². The smallest absolute Gasteiger partial charge is 0.263 e. The molecule has 0 spiro atoms. The predicted octanol–water partition coefficient (Wildman–Crippen LogP) is 3.10. The van der Waals surface area contributed by atoms with E-state index < -0.39 is 10.0 Å². The lowest BCUT2D eigenvalue weighted by molar-refractivity contribution is 0.104. The van der Waals surface area contributed by atoms with Crippen molar-refractivity contribution in [2.24, 2.45) is 0 Å². The second kappa shape index (κ2) is 9.72. The number of methoxy groups -OCH3 is 2. The Morgan fingerprint density at radius 3 is 2.19 bits per heavy atom.